The minimum atomic E-state index is -0.386. The van der Waals surface area contributed by atoms with Crippen molar-refractivity contribution in [2.75, 3.05) is 13.2 Å². The topological polar surface area (TPSA) is 56.1 Å². The van der Waals surface area contributed by atoms with Crippen LogP contribution in [0.4, 0.5) is 0 Å². The van der Waals surface area contributed by atoms with E-state index in [2.05, 4.69) is 10.4 Å². The molecule has 0 atom stereocenters. The largest absolute Gasteiger partial charge is 0.461 e. The monoisotopic (exact) mass is 305 g/mol. The molecule has 2 heterocycles. The summed E-state index contributed by atoms with van der Waals surface area (Å²) in [6.45, 7) is 3.59. The third kappa shape index (κ3) is 2.54. The van der Waals surface area contributed by atoms with Crippen molar-refractivity contribution in [3.05, 3.63) is 46.2 Å². The Morgan fingerprint density at radius 3 is 3.05 bits per heavy atom. The molecule has 0 amide bonds. The predicted molar refractivity (Wildman–Crippen MR) is 79.9 cm³/mol. The van der Waals surface area contributed by atoms with Gasteiger partial charge in [0, 0.05) is 25.1 Å². The highest BCUT2D eigenvalue weighted by atomic mass is 35.5. The number of nitrogens with one attached hydrogen (secondary N) is 1. The Labute approximate surface area is 127 Å². The fourth-order valence-corrected chi connectivity index (χ4v) is 2.75. The third-order valence-electron chi connectivity index (χ3n) is 3.48. The van der Waals surface area contributed by atoms with Gasteiger partial charge in [-0.2, -0.15) is 5.10 Å². The number of fused-ring (bicyclic) bond motifs is 1. The average Bonchev–Trinajstić information content (AvgIpc) is 2.88. The molecule has 0 radical (unpaired) electrons. The first kappa shape index (κ1) is 14.1. The fourth-order valence-electron chi connectivity index (χ4n) is 2.53. The zero-order valence-corrected chi connectivity index (χ0v) is 12.5. The van der Waals surface area contributed by atoms with E-state index in [9.17, 15) is 4.79 Å². The van der Waals surface area contributed by atoms with Crippen molar-refractivity contribution >= 4 is 17.6 Å². The summed E-state index contributed by atoms with van der Waals surface area (Å²) in [5.41, 5.74) is 3.08. The lowest BCUT2D eigenvalue weighted by atomic mass is 10.1. The van der Waals surface area contributed by atoms with E-state index in [0.717, 1.165) is 29.9 Å². The van der Waals surface area contributed by atoms with Crippen LogP contribution in [-0.4, -0.2) is 28.9 Å². The number of benzene rings is 1. The number of nitrogens with zero attached hydrogens (tertiary/aromatic N) is 2. The molecule has 6 heteroatoms. The predicted octanol–water partition coefficient (Wildman–Crippen LogP) is 2.35. The zero-order chi connectivity index (χ0) is 14.8. The van der Waals surface area contributed by atoms with E-state index in [0.29, 0.717) is 23.9 Å². The van der Waals surface area contributed by atoms with Gasteiger partial charge in [-0.1, -0.05) is 23.7 Å². The van der Waals surface area contributed by atoms with E-state index < -0.39 is 0 Å². The maximum atomic E-state index is 12.1. The Kier molecular flexibility index (Phi) is 3.94. The lowest BCUT2D eigenvalue weighted by molar-refractivity contribution is 0.0517. The quantitative estimate of drug-likeness (QED) is 0.884. The van der Waals surface area contributed by atoms with E-state index in [1.54, 1.807) is 11.6 Å². The van der Waals surface area contributed by atoms with E-state index >= 15 is 0 Å². The van der Waals surface area contributed by atoms with Crippen molar-refractivity contribution < 1.29 is 9.53 Å². The Morgan fingerprint density at radius 1 is 1.48 bits per heavy atom. The summed E-state index contributed by atoms with van der Waals surface area (Å²) in [4.78, 5) is 12.1. The van der Waals surface area contributed by atoms with Crippen LogP contribution in [-0.2, 0) is 17.7 Å². The molecule has 0 saturated carbocycles. The highest BCUT2D eigenvalue weighted by Gasteiger charge is 2.26. The van der Waals surface area contributed by atoms with Gasteiger partial charge in [0.25, 0.3) is 0 Å². The van der Waals surface area contributed by atoms with Gasteiger partial charge in [-0.25, -0.2) is 9.48 Å². The molecule has 1 aliphatic rings. The summed E-state index contributed by atoms with van der Waals surface area (Å²) in [5, 5.41) is 8.33. The molecule has 0 fully saturated rings. The molecule has 110 valence electrons. The van der Waals surface area contributed by atoms with Gasteiger partial charge in [0.2, 0.25) is 0 Å². The van der Waals surface area contributed by atoms with E-state index in [1.165, 1.54) is 0 Å². The van der Waals surface area contributed by atoms with Crippen molar-refractivity contribution in [1.29, 1.82) is 0 Å². The number of para-hydroxylation sites is 1. The van der Waals surface area contributed by atoms with Crippen molar-refractivity contribution in [3.8, 4) is 5.69 Å². The first-order valence-corrected chi connectivity index (χ1v) is 7.33. The summed E-state index contributed by atoms with van der Waals surface area (Å²) in [5.74, 6) is -0.386. The molecule has 0 bridgehead atoms. The van der Waals surface area contributed by atoms with Gasteiger partial charge in [0.15, 0.2) is 5.69 Å². The number of hydrogen-bond donors (Lipinski definition) is 1. The van der Waals surface area contributed by atoms with E-state index in [1.807, 2.05) is 24.3 Å². The maximum absolute atomic E-state index is 12.1. The second-order valence-electron chi connectivity index (χ2n) is 4.78. The first-order chi connectivity index (χ1) is 10.2. The van der Waals surface area contributed by atoms with Crippen LogP contribution in [0.5, 0.6) is 0 Å². The number of carbonyl (C=O) groups is 1. The average molecular weight is 306 g/mol. The maximum Gasteiger partial charge on any atom is 0.359 e. The minimum absolute atomic E-state index is 0.333. The molecule has 1 aromatic carbocycles. The highest BCUT2D eigenvalue weighted by Crippen LogP contribution is 2.26. The van der Waals surface area contributed by atoms with Crippen LogP contribution in [0.15, 0.2) is 24.3 Å². The summed E-state index contributed by atoms with van der Waals surface area (Å²) in [7, 11) is 0. The second kappa shape index (κ2) is 5.87. The number of rotatable bonds is 3. The molecule has 1 aliphatic heterocycles. The van der Waals surface area contributed by atoms with Crippen LogP contribution in [0.3, 0.4) is 0 Å². The summed E-state index contributed by atoms with van der Waals surface area (Å²) in [6, 6.07) is 7.48. The van der Waals surface area contributed by atoms with Gasteiger partial charge in [-0.15, -0.1) is 0 Å². The standard InChI is InChI=1S/C15H16ClN3O2/c1-2-21-15(20)14-10-9-17-8-7-12(10)19(18-14)13-6-4-3-5-11(13)16/h3-6,17H,2,7-9H2,1H3. The number of halogens is 1. The van der Waals surface area contributed by atoms with Gasteiger partial charge in [0.05, 0.1) is 23.0 Å². The molecular formula is C15H16ClN3O2. The number of esters is 1. The van der Waals surface area contributed by atoms with Crippen LogP contribution >= 0.6 is 11.6 Å². The summed E-state index contributed by atoms with van der Waals surface area (Å²) < 4.78 is 6.87. The molecule has 0 spiro atoms. The molecule has 5 nitrogen and oxygen atoms in total. The van der Waals surface area contributed by atoms with Gasteiger partial charge in [-0.05, 0) is 19.1 Å². The Bertz CT molecular complexity index is 682. The lowest BCUT2D eigenvalue weighted by Crippen LogP contribution is -2.25. The Morgan fingerprint density at radius 2 is 2.29 bits per heavy atom. The Hall–Kier alpha value is -1.85. The molecule has 2 aromatic rings. The fraction of sp³-hybridized carbons (Fsp3) is 0.333. The zero-order valence-electron chi connectivity index (χ0n) is 11.7. The van der Waals surface area contributed by atoms with Crippen LogP contribution < -0.4 is 5.32 Å². The second-order valence-corrected chi connectivity index (χ2v) is 5.19. The molecule has 0 unspecified atom stereocenters. The Balaban J connectivity index is 2.14. The smallest absolute Gasteiger partial charge is 0.359 e. The highest BCUT2D eigenvalue weighted by molar-refractivity contribution is 6.32. The third-order valence-corrected chi connectivity index (χ3v) is 3.80. The van der Waals surface area contributed by atoms with Crippen molar-refractivity contribution in [3.63, 3.8) is 0 Å². The van der Waals surface area contributed by atoms with Crippen molar-refractivity contribution in [1.82, 2.24) is 15.1 Å². The van der Waals surface area contributed by atoms with Gasteiger partial charge in [-0.3, -0.25) is 0 Å². The minimum Gasteiger partial charge on any atom is -0.461 e. The number of carbonyl (C=O) groups excluding carboxylic acids is 1. The van der Waals surface area contributed by atoms with Gasteiger partial charge < -0.3 is 10.1 Å². The van der Waals surface area contributed by atoms with Crippen LogP contribution in [0, 0.1) is 0 Å². The molecule has 3 rings (SSSR count). The van der Waals surface area contributed by atoms with Crippen LogP contribution in [0.1, 0.15) is 28.7 Å². The molecule has 0 aliphatic carbocycles. The molecular weight excluding hydrogens is 290 g/mol. The van der Waals surface area contributed by atoms with Crippen molar-refractivity contribution in [2.45, 2.75) is 19.9 Å². The van der Waals surface area contributed by atoms with Gasteiger partial charge >= 0.3 is 5.97 Å². The molecule has 1 aromatic heterocycles. The van der Waals surface area contributed by atoms with Crippen LogP contribution in [0.2, 0.25) is 5.02 Å². The SMILES string of the molecule is CCOC(=O)c1nn(-c2ccccc2Cl)c2c1CNCC2. The van der Waals surface area contributed by atoms with Gasteiger partial charge in [0.1, 0.15) is 0 Å². The number of ether oxygens (including phenoxy) is 1. The molecule has 21 heavy (non-hydrogen) atoms. The number of hydrogen-bond acceptors (Lipinski definition) is 4. The van der Waals surface area contributed by atoms with Crippen molar-refractivity contribution in [2.24, 2.45) is 0 Å². The summed E-state index contributed by atoms with van der Waals surface area (Å²) >= 11 is 6.26. The van der Waals surface area contributed by atoms with E-state index in [4.69, 9.17) is 16.3 Å². The molecule has 1 N–H and O–H groups in total. The summed E-state index contributed by atoms with van der Waals surface area (Å²) in [6.07, 6.45) is 0.799. The first-order valence-electron chi connectivity index (χ1n) is 6.96. The molecule has 0 saturated heterocycles. The normalized spacial score (nSPS) is 13.8. The van der Waals surface area contributed by atoms with Crippen LogP contribution in [0.25, 0.3) is 5.69 Å². The van der Waals surface area contributed by atoms with E-state index in [-0.39, 0.29) is 5.97 Å². The lowest BCUT2D eigenvalue weighted by Gasteiger charge is -2.16. The number of aromatic nitrogens is 2.